The van der Waals surface area contributed by atoms with Crippen LogP contribution >= 0.6 is 11.6 Å². The van der Waals surface area contributed by atoms with Gasteiger partial charge in [0.05, 0.1) is 6.54 Å². The van der Waals surface area contributed by atoms with E-state index in [2.05, 4.69) is 15.5 Å². The van der Waals surface area contributed by atoms with Gasteiger partial charge in [-0.15, -0.1) is 0 Å². The van der Waals surface area contributed by atoms with E-state index < -0.39 is 0 Å². The number of rotatable bonds is 5. The molecule has 7 heteroatoms. The van der Waals surface area contributed by atoms with Gasteiger partial charge in [-0.1, -0.05) is 29.6 Å². The number of hydrogen-bond acceptors (Lipinski definition) is 4. The van der Waals surface area contributed by atoms with Gasteiger partial charge in [-0.3, -0.25) is 4.79 Å². The molecule has 0 spiro atoms. The van der Waals surface area contributed by atoms with E-state index in [1.165, 1.54) is 12.8 Å². The molecule has 1 aromatic carbocycles. The van der Waals surface area contributed by atoms with Crippen LogP contribution in [0.25, 0.3) is 11.5 Å². The summed E-state index contributed by atoms with van der Waals surface area (Å²) in [6, 6.07) is 11.2. The first-order valence-electron chi connectivity index (χ1n) is 8.73. The lowest BCUT2D eigenvalue weighted by molar-refractivity contribution is 0.0929. The van der Waals surface area contributed by atoms with Gasteiger partial charge in [-0.25, -0.2) is 0 Å². The van der Waals surface area contributed by atoms with Crippen molar-refractivity contribution in [3.63, 3.8) is 0 Å². The van der Waals surface area contributed by atoms with Crippen LogP contribution in [0.3, 0.4) is 0 Å². The lowest BCUT2D eigenvalue weighted by Crippen LogP contribution is -2.34. The smallest absolute Gasteiger partial charge is 0.268 e. The highest BCUT2D eigenvalue weighted by Crippen LogP contribution is 2.21. The van der Waals surface area contributed by atoms with Gasteiger partial charge >= 0.3 is 0 Å². The number of carbonyl (C=O) groups excluding carboxylic acids is 1. The molecular weight excluding hydrogens is 352 g/mol. The van der Waals surface area contributed by atoms with E-state index in [1.807, 2.05) is 35.0 Å². The van der Waals surface area contributed by atoms with E-state index in [1.54, 1.807) is 12.1 Å². The molecule has 1 fully saturated rings. The zero-order chi connectivity index (χ0) is 17.9. The maximum absolute atomic E-state index is 12.5. The summed E-state index contributed by atoms with van der Waals surface area (Å²) < 4.78 is 7.16. The van der Waals surface area contributed by atoms with Crippen LogP contribution in [-0.4, -0.2) is 26.7 Å². The summed E-state index contributed by atoms with van der Waals surface area (Å²) >= 11 is 5.90. The van der Waals surface area contributed by atoms with E-state index in [0.717, 1.165) is 18.4 Å². The van der Waals surface area contributed by atoms with Crippen molar-refractivity contribution in [1.29, 1.82) is 0 Å². The Balaban J connectivity index is 1.47. The average molecular weight is 371 g/mol. The third-order valence-electron chi connectivity index (χ3n) is 4.62. The molecule has 3 aromatic rings. The van der Waals surface area contributed by atoms with Gasteiger partial charge in [0.2, 0.25) is 0 Å². The Morgan fingerprint density at radius 3 is 2.77 bits per heavy atom. The highest BCUT2D eigenvalue weighted by molar-refractivity contribution is 6.30. The van der Waals surface area contributed by atoms with Crippen LogP contribution < -0.4 is 5.32 Å². The maximum Gasteiger partial charge on any atom is 0.268 e. The summed E-state index contributed by atoms with van der Waals surface area (Å²) in [5.41, 5.74) is 1.41. The van der Waals surface area contributed by atoms with E-state index in [-0.39, 0.29) is 11.9 Å². The lowest BCUT2D eigenvalue weighted by atomic mass is 10.2. The molecule has 1 saturated carbocycles. The number of halogens is 1. The normalized spacial score (nSPS) is 14.7. The Kier molecular flexibility index (Phi) is 4.75. The third kappa shape index (κ3) is 3.65. The molecule has 2 aromatic heterocycles. The highest BCUT2D eigenvalue weighted by Gasteiger charge is 2.20. The minimum absolute atomic E-state index is 0.0525. The molecule has 0 aliphatic heterocycles. The molecule has 0 radical (unpaired) electrons. The first-order valence-corrected chi connectivity index (χ1v) is 9.11. The summed E-state index contributed by atoms with van der Waals surface area (Å²) in [6.45, 7) is 0.373. The van der Waals surface area contributed by atoms with Crippen LogP contribution in [0.15, 0.2) is 47.1 Å². The SMILES string of the molecule is O=C(NC1CCCC1)c1cccn1Cc1noc(-c2ccc(Cl)cc2)n1. The molecule has 1 amide bonds. The van der Waals surface area contributed by atoms with Crippen LogP contribution in [-0.2, 0) is 6.54 Å². The van der Waals surface area contributed by atoms with Gasteiger partial charge in [0.15, 0.2) is 5.82 Å². The van der Waals surface area contributed by atoms with Crippen molar-refractivity contribution in [2.45, 2.75) is 38.3 Å². The van der Waals surface area contributed by atoms with Gasteiger partial charge in [0.1, 0.15) is 5.69 Å². The Morgan fingerprint density at radius 1 is 1.23 bits per heavy atom. The van der Waals surface area contributed by atoms with Crippen LogP contribution in [0.5, 0.6) is 0 Å². The monoisotopic (exact) mass is 370 g/mol. The fraction of sp³-hybridized carbons (Fsp3) is 0.316. The molecule has 2 heterocycles. The van der Waals surface area contributed by atoms with E-state index in [4.69, 9.17) is 16.1 Å². The Hall–Kier alpha value is -2.60. The Morgan fingerprint density at radius 2 is 2.00 bits per heavy atom. The predicted molar refractivity (Wildman–Crippen MR) is 98.0 cm³/mol. The molecule has 1 aliphatic rings. The standard InChI is InChI=1S/C19H19ClN4O2/c20-14-9-7-13(8-10-14)19-22-17(23-26-19)12-24-11-3-6-16(24)18(25)21-15-4-1-2-5-15/h3,6-11,15H,1-2,4-5,12H2,(H,21,25). The van der Waals surface area contributed by atoms with Gasteiger partial charge in [0, 0.05) is 22.8 Å². The quantitative estimate of drug-likeness (QED) is 0.739. The summed E-state index contributed by atoms with van der Waals surface area (Å²) in [6.07, 6.45) is 6.33. The predicted octanol–water partition coefficient (Wildman–Crippen LogP) is 3.91. The van der Waals surface area contributed by atoms with Gasteiger partial charge in [-0.2, -0.15) is 4.98 Å². The van der Waals surface area contributed by atoms with Crippen LogP contribution in [0.2, 0.25) is 5.02 Å². The number of hydrogen-bond donors (Lipinski definition) is 1. The second-order valence-corrected chi connectivity index (χ2v) is 6.94. The van der Waals surface area contributed by atoms with Crippen molar-refractivity contribution in [2.75, 3.05) is 0 Å². The largest absolute Gasteiger partial charge is 0.348 e. The van der Waals surface area contributed by atoms with Gasteiger partial charge < -0.3 is 14.4 Å². The maximum atomic E-state index is 12.5. The molecule has 4 rings (SSSR count). The molecule has 26 heavy (non-hydrogen) atoms. The van der Waals surface area contributed by atoms with Crippen molar-refractivity contribution in [3.05, 3.63) is 59.1 Å². The zero-order valence-corrected chi connectivity index (χ0v) is 14.9. The first-order chi connectivity index (χ1) is 12.7. The summed E-state index contributed by atoms with van der Waals surface area (Å²) in [4.78, 5) is 16.9. The van der Waals surface area contributed by atoms with Crippen molar-refractivity contribution in [1.82, 2.24) is 20.0 Å². The lowest BCUT2D eigenvalue weighted by Gasteiger charge is -2.13. The molecule has 1 aliphatic carbocycles. The minimum Gasteiger partial charge on any atom is -0.348 e. The number of carbonyl (C=O) groups is 1. The van der Waals surface area contributed by atoms with E-state index in [9.17, 15) is 4.79 Å². The number of nitrogens with one attached hydrogen (secondary N) is 1. The van der Waals surface area contributed by atoms with E-state index in [0.29, 0.717) is 29.0 Å². The van der Waals surface area contributed by atoms with Gasteiger partial charge in [0.25, 0.3) is 11.8 Å². The van der Waals surface area contributed by atoms with Crippen molar-refractivity contribution < 1.29 is 9.32 Å². The summed E-state index contributed by atoms with van der Waals surface area (Å²) in [5.74, 6) is 0.894. The van der Waals surface area contributed by atoms with Crippen molar-refractivity contribution >= 4 is 17.5 Å². The van der Waals surface area contributed by atoms with Crippen LogP contribution in [0.4, 0.5) is 0 Å². The number of benzene rings is 1. The summed E-state index contributed by atoms with van der Waals surface area (Å²) in [5, 5.41) is 7.78. The molecule has 0 atom stereocenters. The van der Waals surface area contributed by atoms with Crippen molar-refractivity contribution in [2.24, 2.45) is 0 Å². The molecule has 134 valence electrons. The molecule has 0 bridgehead atoms. The topological polar surface area (TPSA) is 73.0 Å². The third-order valence-corrected chi connectivity index (χ3v) is 4.88. The number of amides is 1. The molecule has 0 unspecified atom stereocenters. The van der Waals surface area contributed by atoms with Crippen molar-refractivity contribution in [3.8, 4) is 11.5 Å². The fourth-order valence-electron chi connectivity index (χ4n) is 3.27. The molecule has 0 saturated heterocycles. The number of nitrogens with zero attached hydrogens (tertiary/aromatic N) is 3. The average Bonchev–Trinajstić information content (AvgIpc) is 3.38. The molecular formula is C19H19ClN4O2. The second kappa shape index (κ2) is 7.33. The first kappa shape index (κ1) is 16.8. The minimum atomic E-state index is -0.0525. The summed E-state index contributed by atoms with van der Waals surface area (Å²) in [7, 11) is 0. The molecule has 6 nitrogen and oxygen atoms in total. The Bertz CT molecular complexity index is 894. The second-order valence-electron chi connectivity index (χ2n) is 6.50. The zero-order valence-electron chi connectivity index (χ0n) is 14.2. The van der Waals surface area contributed by atoms with Gasteiger partial charge in [-0.05, 0) is 49.2 Å². The van der Waals surface area contributed by atoms with Crippen LogP contribution in [0, 0.1) is 0 Å². The Labute approximate surface area is 156 Å². The highest BCUT2D eigenvalue weighted by atomic mass is 35.5. The molecule has 1 N–H and O–H groups in total. The van der Waals surface area contributed by atoms with Crippen LogP contribution in [0.1, 0.15) is 42.0 Å². The van der Waals surface area contributed by atoms with E-state index >= 15 is 0 Å². The fourth-order valence-corrected chi connectivity index (χ4v) is 3.39. The number of aromatic nitrogens is 3.